The lowest BCUT2D eigenvalue weighted by atomic mass is 10.1. The van der Waals surface area contributed by atoms with Crippen molar-refractivity contribution in [1.82, 2.24) is 19.5 Å². The van der Waals surface area contributed by atoms with E-state index in [-0.39, 0.29) is 17.2 Å². The summed E-state index contributed by atoms with van der Waals surface area (Å²) in [4.78, 5) is 29.4. The normalized spacial score (nSPS) is 17.0. The number of halogens is 1. The van der Waals surface area contributed by atoms with Gasteiger partial charge in [-0.15, -0.1) is 0 Å². The molecule has 3 aromatic heterocycles. The van der Waals surface area contributed by atoms with Gasteiger partial charge in [0.1, 0.15) is 0 Å². The molecule has 28 heavy (non-hydrogen) atoms. The second kappa shape index (κ2) is 7.38. The van der Waals surface area contributed by atoms with Gasteiger partial charge in [-0.05, 0) is 25.1 Å². The molecule has 1 aliphatic rings. The Morgan fingerprint density at radius 1 is 1.11 bits per heavy atom. The lowest BCUT2D eigenvalue weighted by molar-refractivity contribution is 0.529. The van der Waals surface area contributed by atoms with Crippen LogP contribution >= 0.6 is 0 Å². The third-order valence-corrected chi connectivity index (χ3v) is 5.07. The highest BCUT2D eigenvalue weighted by molar-refractivity contribution is 5.60. The van der Waals surface area contributed by atoms with E-state index in [4.69, 9.17) is 0 Å². The molecule has 0 spiro atoms. The molecule has 0 N–H and O–H groups in total. The average Bonchev–Trinajstić information content (AvgIpc) is 2.71. The van der Waals surface area contributed by atoms with Gasteiger partial charge in [-0.1, -0.05) is 0 Å². The molecule has 0 amide bonds. The maximum absolute atomic E-state index is 14.2. The van der Waals surface area contributed by atoms with Crippen molar-refractivity contribution in [2.45, 2.75) is 13.0 Å². The molecule has 0 aliphatic carbocycles. The van der Waals surface area contributed by atoms with Crippen molar-refractivity contribution in [3.8, 4) is 11.3 Å². The first-order valence-electron chi connectivity index (χ1n) is 9.14. The highest BCUT2D eigenvalue weighted by atomic mass is 19.1. The smallest absolute Gasteiger partial charge is 0.255 e. The van der Waals surface area contributed by atoms with Crippen molar-refractivity contribution < 1.29 is 4.39 Å². The molecular formula is C20H21FN6O. The van der Waals surface area contributed by atoms with E-state index >= 15 is 0 Å². The Morgan fingerprint density at radius 3 is 2.57 bits per heavy atom. The summed E-state index contributed by atoms with van der Waals surface area (Å²) in [6.45, 7) is 4.37. The first kappa shape index (κ1) is 18.1. The standard InChI is InChI=1S/C20H21FN6O/c1-14-13-26(15-3-6-22-7-4-15)9-10-27(14)20-24-18(11-19(28)25(20)2)16-5-8-23-12-17(16)21/h3-8,11-12,14H,9-10,13H2,1-2H3/t14-/m1/s1. The average molecular weight is 380 g/mol. The number of hydrogen-bond acceptors (Lipinski definition) is 6. The van der Waals surface area contributed by atoms with Gasteiger partial charge in [0, 0.05) is 68.6 Å². The molecule has 144 valence electrons. The Balaban J connectivity index is 1.66. The van der Waals surface area contributed by atoms with Crippen molar-refractivity contribution in [2.75, 3.05) is 29.4 Å². The fourth-order valence-electron chi connectivity index (χ4n) is 3.55. The molecule has 0 bridgehead atoms. The Hall–Kier alpha value is -3.29. The molecule has 8 heteroatoms. The van der Waals surface area contributed by atoms with Crippen LogP contribution in [0.15, 0.2) is 53.8 Å². The van der Waals surface area contributed by atoms with Gasteiger partial charge in [0.2, 0.25) is 5.95 Å². The molecule has 0 radical (unpaired) electrons. The van der Waals surface area contributed by atoms with Crippen LogP contribution in [0.4, 0.5) is 16.0 Å². The first-order valence-corrected chi connectivity index (χ1v) is 9.14. The van der Waals surface area contributed by atoms with Crippen molar-refractivity contribution >= 4 is 11.6 Å². The Bertz CT molecular complexity index is 1040. The lowest BCUT2D eigenvalue weighted by Crippen LogP contribution is -2.53. The number of aromatic nitrogens is 4. The zero-order valence-corrected chi connectivity index (χ0v) is 15.8. The summed E-state index contributed by atoms with van der Waals surface area (Å²) in [5.74, 6) is 0.0466. The molecule has 4 heterocycles. The topological polar surface area (TPSA) is 67.2 Å². The summed E-state index contributed by atoms with van der Waals surface area (Å²) in [5, 5.41) is 0. The summed E-state index contributed by atoms with van der Waals surface area (Å²) in [7, 11) is 1.69. The molecule has 1 saturated heterocycles. The van der Waals surface area contributed by atoms with Gasteiger partial charge in [0.05, 0.1) is 11.9 Å². The van der Waals surface area contributed by atoms with E-state index < -0.39 is 5.82 Å². The highest BCUT2D eigenvalue weighted by Crippen LogP contribution is 2.25. The quantitative estimate of drug-likeness (QED) is 0.693. The summed E-state index contributed by atoms with van der Waals surface area (Å²) in [5.41, 5.74) is 1.50. The molecule has 1 aliphatic heterocycles. The zero-order chi connectivity index (χ0) is 19.7. The van der Waals surface area contributed by atoms with Gasteiger partial charge in [-0.3, -0.25) is 19.3 Å². The van der Waals surface area contributed by atoms with Crippen molar-refractivity contribution in [3.05, 3.63) is 65.2 Å². The Kier molecular flexibility index (Phi) is 4.77. The molecule has 7 nitrogen and oxygen atoms in total. The van der Waals surface area contributed by atoms with E-state index in [1.165, 1.54) is 22.9 Å². The fourth-order valence-corrected chi connectivity index (χ4v) is 3.55. The molecule has 4 rings (SSSR count). The Labute approximate surface area is 162 Å². The third kappa shape index (κ3) is 3.33. The van der Waals surface area contributed by atoms with Crippen LogP contribution in [0.5, 0.6) is 0 Å². The number of nitrogens with zero attached hydrogens (tertiary/aromatic N) is 6. The maximum atomic E-state index is 14.2. The van der Waals surface area contributed by atoms with Crippen molar-refractivity contribution in [2.24, 2.45) is 7.05 Å². The van der Waals surface area contributed by atoms with Gasteiger partial charge < -0.3 is 9.80 Å². The predicted octanol–water partition coefficient (Wildman–Crippen LogP) is 2.09. The van der Waals surface area contributed by atoms with Crippen LogP contribution in [-0.4, -0.2) is 45.2 Å². The van der Waals surface area contributed by atoms with Crippen LogP contribution in [0.3, 0.4) is 0 Å². The summed E-state index contributed by atoms with van der Waals surface area (Å²) in [6.07, 6.45) is 6.19. The number of rotatable bonds is 3. The Morgan fingerprint density at radius 2 is 1.86 bits per heavy atom. The largest absolute Gasteiger partial charge is 0.368 e. The zero-order valence-electron chi connectivity index (χ0n) is 15.8. The monoisotopic (exact) mass is 380 g/mol. The molecule has 1 atom stereocenters. The maximum Gasteiger partial charge on any atom is 0.255 e. The van der Waals surface area contributed by atoms with Gasteiger partial charge in [0.25, 0.3) is 5.56 Å². The number of hydrogen-bond donors (Lipinski definition) is 0. The molecule has 3 aromatic rings. The fraction of sp³-hybridized carbons (Fsp3) is 0.300. The van der Waals surface area contributed by atoms with Crippen LogP contribution in [0.1, 0.15) is 6.92 Å². The summed E-state index contributed by atoms with van der Waals surface area (Å²) >= 11 is 0. The van der Waals surface area contributed by atoms with Gasteiger partial charge in [-0.25, -0.2) is 9.37 Å². The van der Waals surface area contributed by atoms with Crippen LogP contribution in [0, 0.1) is 5.82 Å². The van der Waals surface area contributed by atoms with E-state index in [0.29, 0.717) is 18.2 Å². The molecule has 0 aromatic carbocycles. The van der Waals surface area contributed by atoms with Crippen molar-refractivity contribution in [3.63, 3.8) is 0 Å². The summed E-state index contributed by atoms with van der Waals surface area (Å²) in [6, 6.07) is 7.00. The summed E-state index contributed by atoms with van der Waals surface area (Å²) < 4.78 is 15.7. The third-order valence-electron chi connectivity index (χ3n) is 5.07. The van der Waals surface area contributed by atoms with Crippen LogP contribution in [-0.2, 0) is 7.05 Å². The van der Waals surface area contributed by atoms with E-state index in [1.54, 1.807) is 19.4 Å². The van der Waals surface area contributed by atoms with Gasteiger partial charge in [0.15, 0.2) is 5.82 Å². The predicted molar refractivity (Wildman–Crippen MR) is 106 cm³/mol. The minimum Gasteiger partial charge on any atom is -0.368 e. The molecule has 0 saturated carbocycles. The van der Waals surface area contributed by atoms with Crippen LogP contribution < -0.4 is 15.4 Å². The van der Waals surface area contributed by atoms with Crippen LogP contribution in [0.2, 0.25) is 0 Å². The number of piperazine rings is 1. The van der Waals surface area contributed by atoms with E-state index in [2.05, 4.69) is 31.7 Å². The first-order chi connectivity index (χ1) is 13.5. The van der Waals surface area contributed by atoms with E-state index in [1.807, 2.05) is 12.1 Å². The highest BCUT2D eigenvalue weighted by Gasteiger charge is 2.27. The molecular weight excluding hydrogens is 359 g/mol. The number of anilines is 2. The van der Waals surface area contributed by atoms with Crippen LogP contribution in [0.25, 0.3) is 11.3 Å². The molecule has 0 unspecified atom stereocenters. The van der Waals surface area contributed by atoms with Crippen molar-refractivity contribution in [1.29, 1.82) is 0 Å². The molecule has 1 fully saturated rings. The van der Waals surface area contributed by atoms with Gasteiger partial charge in [-0.2, -0.15) is 0 Å². The van der Waals surface area contributed by atoms with E-state index in [0.717, 1.165) is 25.0 Å². The SMILES string of the molecule is C[C@@H]1CN(c2ccncc2)CCN1c1nc(-c2ccncc2F)cc(=O)n1C. The number of pyridine rings is 2. The second-order valence-corrected chi connectivity index (χ2v) is 6.89. The van der Waals surface area contributed by atoms with E-state index in [9.17, 15) is 9.18 Å². The minimum absolute atomic E-state index is 0.123. The second-order valence-electron chi connectivity index (χ2n) is 6.89. The van der Waals surface area contributed by atoms with Gasteiger partial charge >= 0.3 is 0 Å². The lowest BCUT2D eigenvalue weighted by Gasteiger charge is -2.41. The minimum atomic E-state index is -0.496.